The van der Waals surface area contributed by atoms with Crippen LogP contribution >= 0.6 is 11.6 Å². The van der Waals surface area contributed by atoms with Gasteiger partial charge in [0.1, 0.15) is 0 Å². The van der Waals surface area contributed by atoms with E-state index >= 15 is 0 Å². The van der Waals surface area contributed by atoms with E-state index in [0.717, 1.165) is 0 Å². The highest BCUT2D eigenvalue weighted by Gasteiger charge is 2.32. The number of halogens is 1. The molecule has 3 aromatic rings. The van der Waals surface area contributed by atoms with Crippen LogP contribution in [0.5, 0.6) is 0 Å². The number of piperazine rings is 1. The van der Waals surface area contributed by atoms with Crippen LogP contribution in [0.2, 0.25) is 5.02 Å². The van der Waals surface area contributed by atoms with E-state index in [-0.39, 0.29) is 29.6 Å². The summed E-state index contributed by atoms with van der Waals surface area (Å²) >= 11 is 5.87. The van der Waals surface area contributed by atoms with Gasteiger partial charge in [-0.3, -0.25) is 9.69 Å². The number of rotatable bonds is 5. The second kappa shape index (κ2) is 8.46. The molecule has 2 aromatic carbocycles. The summed E-state index contributed by atoms with van der Waals surface area (Å²) in [5.41, 5.74) is 1.26. The zero-order valence-corrected chi connectivity index (χ0v) is 18.3. The maximum Gasteiger partial charge on any atom is 0.323 e. The summed E-state index contributed by atoms with van der Waals surface area (Å²) in [6.45, 7) is 3.19. The van der Waals surface area contributed by atoms with Gasteiger partial charge in [-0.25, -0.2) is 13.2 Å². The summed E-state index contributed by atoms with van der Waals surface area (Å²) in [7, 11) is -3.71. The van der Waals surface area contributed by atoms with E-state index in [9.17, 15) is 18.0 Å². The molecule has 4 rings (SSSR count). The number of hydrogen-bond acceptors (Lipinski definition) is 5. The third-order valence-corrected chi connectivity index (χ3v) is 7.58. The lowest BCUT2D eigenvalue weighted by molar-refractivity contribution is -0.121. The smallest absolute Gasteiger partial charge is 0.323 e. The molecular formula is C20H22ClN5O4S. The lowest BCUT2D eigenvalue weighted by Crippen LogP contribution is -2.53. The summed E-state index contributed by atoms with van der Waals surface area (Å²) in [6, 6.07) is 10.9. The topological polar surface area (TPSA) is 118 Å². The number of hydrogen-bond donors (Lipinski definition) is 3. The van der Waals surface area contributed by atoms with Crippen molar-refractivity contribution < 1.29 is 13.2 Å². The van der Waals surface area contributed by atoms with Gasteiger partial charge in [0.2, 0.25) is 15.9 Å². The number of aromatic amines is 2. The molecule has 1 amide bonds. The van der Waals surface area contributed by atoms with E-state index in [1.807, 2.05) is 4.90 Å². The molecule has 1 fully saturated rings. The van der Waals surface area contributed by atoms with Gasteiger partial charge in [0.05, 0.1) is 22.0 Å². The monoisotopic (exact) mass is 463 g/mol. The van der Waals surface area contributed by atoms with E-state index in [4.69, 9.17) is 11.6 Å². The Morgan fingerprint density at radius 1 is 1.03 bits per heavy atom. The van der Waals surface area contributed by atoms with E-state index < -0.39 is 16.1 Å². The largest absolute Gasteiger partial charge is 0.325 e. The third-order valence-electron chi connectivity index (χ3n) is 5.44. The first-order valence-electron chi connectivity index (χ1n) is 9.77. The molecule has 0 unspecified atom stereocenters. The molecule has 0 bridgehead atoms. The van der Waals surface area contributed by atoms with Crippen molar-refractivity contribution in [2.24, 2.45) is 0 Å². The minimum absolute atomic E-state index is 0.122. The van der Waals surface area contributed by atoms with Gasteiger partial charge in [0.25, 0.3) is 0 Å². The number of sulfonamides is 1. The molecule has 1 saturated heterocycles. The van der Waals surface area contributed by atoms with Gasteiger partial charge in [-0.2, -0.15) is 4.31 Å². The normalized spacial score (nSPS) is 17.0. The van der Waals surface area contributed by atoms with Gasteiger partial charge < -0.3 is 15.3 Å². The van der Waals surface area contributed by atoms with Crippen LogP contribution in [0.3, 0.4) is 0 Å². The number of fused-ring (bicyclic) bond motifs is 1. The van der Waals surface area contributed by atoms with E-state index in [2.05, 4.69) is 15.3 Å². The van der Waals surface area contributed by atoms with Crippen molar-refractivity contribution in [2.45, 2.75) is 17.9 Å². The summed E-state index contributed by atoms with van der Waals surface area (Å²) in [5, 5.41) is 3.44. The fourth-order valence-electron chi connectivity index (χ4n) is 3.60. The third kappa shape index (κ3) is 4.52. The molecule has 1 aromatic heterocycles. The molecule has 3 N–H and O–H groups in total. The number of nitrogens with zero attached hydrogens (tertiary/aromatic N) is 2. The Balaban J connectivity index is 1.40. The molecule has 0 saturated carbocycles. The molecule has 1 aliphatic rings. The van der Waals surface area contributed by atoms with Crippen LogP contribution in [0, 0.1) is 0 Å². The number of carbonyl (C=O) groups is 1. The number of H-pyrrole nitrogens is 2. The second-order valence-electron chi connectivity index (χ2n) is 7.40. The van der Waals surface area contributed by atoms with Crippen molar-refractivity contribution in [1.29, 1.82) is 0 Å². The molecule has 164 valence electrons. The van der Waals surface area contributed by atoms with Crippen LogP contribution in [0.25, 0.3) is 11.0 Å². The Kier molecular flexibility index (Phi) is 5.89. The molecule has 2 heterocycles. The fourth-order valence-corrected chi connectivity index (χ4v) is 5.17. The lowest BCUT2D eigenvalue weighted by atomic mass is 10.2. The number of amides is 1. The minimum Gasteiger partial charge on any atom is -0.325 e. The molecule has 11 heteroatoms. The van der Waals surface area contributed by atoms with Gasteiger partial charge in [-0.05, 0) is 49.4 Å². The summed E-state index contributed by atoms with van der Waals surface area (Å²) < 4.78 is 27.5. The average molecular weight is 464 g/mol. The number of nitrogens with one attached hydrogen (secondary N) is 3. The van der Waals surface area contributed by atoms with Crippen molar-refractivity contribution >= 4 is 44.3 Å². The molecule has 31 heavy (non-hydrogen) atoms. The predicted molar refractivity (Wildman–Crippen MR) is 119 cm³/mol. The number of anilines is 1. The molecule has 0 aliphatic carbocycles. The second-order valence-corrected chi connectivity index (χ2v) is 9.77. The Labute approximate surface area is 184 Å². The van der Waals surface area contributed by atoms with Crippen LogP contribution in [-0.2, 0) is 14.8 Å². The summed E-state index contributed by atoms with van der Waals surface area (Å²) in [6.07, 6.45) is 0. The quantitative estimate of drug-likeness (QED) is 0.533. The molecule has 1 atom stereocenters. The number of benzene rings is 2. The Morgan fingerprint density at radius 3 is 2.35 bits per heavy atom. The molecule has 1 aliphatic heterocycles. The first kappa shape index (κ1) is 21.6. The van der Waals surface area contributed by atoms with Crippen LogP contribution in [-0.4, -0.2) is 65.7 Å². The highest BCUT2D eigenvalue weighted by molar-refractivity contribution is 7.89. The molecule has 9 nitrogen and oxygen atoms in total. The van der Waals surface area contributed by atoms with Crippen LogP contribution in [0.1, 0.15) is 6.92 Å². The van der Waals surface area contributed by atoms with Gasteiger partial charge >= 0.3 is 5.69 Å². The van der Waals surface area contributed by atoms with Crippen molar-refractivity contribution in [3.8, 4) is 0 Å². The standard InChI is InChI=1S/C20H22ClN5O4S/c1-13(19(27)22-15-4-2-14(21)3-5-15)25-8-10-26(11-9-25)31(29,30)16-6-7-17-18(12-16)24-20(28)23-17/h2-7,12-13H,8-11H2,1H3,(H,22,27)(H2,23,24,28)/t13-/m0/s1. The summed E-state index contributed by atoms with van der Waals surface area (Å²) in [4.78, 5) is 31.2. The number of carbonyl (C=O) groups excluding carboxylic acids is 1. The molecular weight excluding hydrogens is 442 g/mol. The SMILES string of the molecule is C[C@@H](C(=O)Nc1ccc(Cl)cc1)N1CCN(S(=O)(=O)c2ccc3[nH]c(=O)[nH]c3c2)CC1. The lowest BCUT2D eigenvalue weighted by Gasteiger charge is -2.36. The highest BCUT2D eigenvalue weighted by Crippen LogP contribution is 2.21. The zero-order valence-electron chi connectivity index (χ0n) is 16.8. The average Bonchev–Trinajstić information content (AvgIpc) is 3.14. The fraction of sp³-hybridized carbons (Fsp3) is 0.300. The van der Waals surface area contributed by atoms with Crippen LogP contribution < -0.4 is 11.0 Å². The van der Waals surface area contributed by atoms with E-state index in [1.165, 1.54) is 16.4 Å². The maximum absolute atomic E-state index is 13.0. The van der Waals surface area contributed by atoms with Gasteiger partial charge in [-0.1, -0.05) is 11.6 Å². The number of aromatic nitrogens is 2. The summed E-state index contributed by atoms with van der Waals surface area (Å²) in [5.74, 6) is -0.166. The minimum atomic E-state index is -3.71. The van der Waals surface area contributed by atoms with Crippen molar-refractivity contribution in [3.05, 3.63) is 58.0 Å². The maximum atomic E-state index is 13.0. The van der Waals surface area contributed by atoms with Crippen molar-refractivity contribution in [1.82, 2.24) is 19.2 Å². The van der Waals surface area contributed by atoms with E-state index in [1.54, 1.807) is 37.3 Å². The predicted octanol–water partition coefficient (Wildman–Crippen LogP) is 1.84. The first-order chi connectivity index (χ1) is 14.7. The first-order valence-corrected chi connectivity index (χ1v) is 11.6. The van der Waals surface area contributed by atoms with Gasteiger partial charge in [-0.15, -0.1) is 0 Å². The van der Waals surface area contributed by atoms with Gasteiger partial charge in [0.15, 0.2) is 0 Å². The van der Waals surface area contributed by atoms with Crippen LogP contribution in [0.15, 0.2) is 52.2 Å². The Morgan fingerprint density at radius 2 is 1.68 bits per heavy atom. The van der Waals surface area contributed by atoms with Gasteiger partial charge in [0, 0.05) is 36.9 Å². The van der Waals surface area contributed by atoms with Crippen molar-refractivity contribution in [3.63, 3.8) is 0 Å². The van der Waals surface area contributed by atoms with Crippen molar-refractivity contribution in [2.75, 3.05) is 31.5 Å². The number of imidazole rings is 1. The molecule has 0 spiro atoms. The van der Waals surface area contributed by atoms with E-state index in [0.29, 0.717) is 34.8 Å². The highest BCUT2D eigenvalue weighted by atomic mass is 35.5. The Bertz CT molecular complexity index is 1260. The molecule has 0 radical (unpaired) electrons. The zero-order chi connectivity index (χ0) is 22.2. The van der Waals surface area contributed by atoms with Crippen LogP contribution in [0.4, 0.5) is 5.69 Å². The Hall–Kier alpha value is -2.66.